The van der Waals surface area contributed by atoms with Gasteiger partial charge < -0.3 is 14.6 Å². The van der Waals surface area contributed by atoms with E-state index in [4.69, 9.17) is 9.26 Å². The van der Waals surface area contributed by atoms with Gasteiger partial charge in [-0.05, 0) is 24.5 Å². The van der Waals surface area contributed by atoms with E-state index in [1.54, 1.807) is 17.8 Å². The fourth-order valence-electron chi connectivity index (χ4n) is 2.37. The van der Waals surface area contributed by atoms with E-state index in [0.717, 1.165) is 36.9 Å². The number of hydrogen-bond acceptors (Lipinski definition) is 6. The lowest BCUT2D eigenvalue weighted by molar-refractivity contribution is 0.0305. The standard InChI is InChI=1S/C16H19N3O3S/c1-23-14-4-2-3-12(9-14)17-16(20)15-10-13(22-18-15)11-19-5-7-21-8-6-19/h2-4,9-10H,5-8,11H2,1H3,(H,17,20). The van der Waals surface area contributed by atoms with Crippen molar-refractivity contribution in [1.82, 2.24) is 10.1 Å². The van der Waals surface area contributed by atoms with Crippen LogP contribution in [0.5, 0.6) is 0 Å². The maximum absolute atomic E-state index is 12.2. The summed E-state index contributed by atoms with van der Waals surface area (Å²) in [5.41, 5.74) is 1.04. The highest BCUT2D eigenvalue weighted by Gasteiger charge is 2.16. The largest absolute Gasteiger partial charge is 0.379 e. The van der Waals surface area contributed by atoms with Crippen LogP contribution in [-0.2, 0) is 11.3 Å². The van der Waals surface area contributed by atoms with Gasteiger partial charge in [-0.25, -0.2) is 0 Å². The molecule has 0 bridgehead atoms. The van der Waals surface area contributed by atoms with E-state index in [9.17, 15) is 4.79 Å². The molecule has 1 aliphatic rings. The van der Waals surface area contributed by atoms with Crippen LogP contribution < -0.4 is 5.32 Å². The maximum Gasteiger partial charge on any atom is 0.277 e. The van der Waals surface area contributed by atoms with Crippen LogP contribution in [0.15, 0.2) is 39.8 Å². The molecule has 0 spiro atoms. The summed E-state index contributed by atoms with van der Waals surface area (Å²) in [6.45, 7) is 3.83. The third kappa shape index (κ3) is 4.34. The minimum Gasteiger partial charge on any atom is -0.379 e. The molecule has 3 rings (SSSR count). The Bertz CT molecular complexity index is 668. The number of anilines is 1. The predicted octanol–water partition coefficient (Wildman–Crippen LogP) is 2.48. The average molecular weight is 333 g/mol. The second kappa shape index (κ2) is 7.63. The second-order valence-corrected chi connectivity index (χ2v) is 6.13. The topological polar surface area (TPSA) is 67.6 Å². The van der Waals surface area contributed by atoms with Crippen LogP contribution in [0.2, 0.25) is 0 Å². The molecule has 7 heteroatoms. The quantitative estimate of drug-likeness (QED) is 0.848. The Morgan fingerprint density at radius 2 is 2.17 bits per heavy atom. The number of carbonyl (C=O) groups excluding carboxylic acids is 1. The van der Waals surface area contributed by atoms with E-state index < -0.39 is 0 Å². The smallest absolute Gasteiger partial charge is 0.277 e. The first-order chi connectivity index (χ1) is 11.2. The van der Waals surface area contributed by atoms with Crippen molar-refractivity contribution in [1.29, 1.82) is 0 Å². The van der Waals surface area contributed by atoms with Crippen molar-refractivity contribution in [3.8, 4) is 0 Å². The van der Waals surface area contributed by atoms with Crippen LogP contribution in [-0.4, -0.2) is 48.5 Å². The van der Waals surface area contributed by atoms with Crippen molar-refractivity contribution in [3.63, 3.8) is 0 Å². The Morgan fingerprint density at radius 1 is 1.35 bits per heavy atom. The lowest BCUT2D eigenvalue weighted by Gasteiger charge is -2.25. The zero-order chi connectivity index (χ0) is 16.1. The molecule has 2 heterocycles. The molecule has 1 saturated heterocycles. The monoisotopic (exact) mass is 333 g/mol. The van der Waals surface area contributed by atoms with Crippen LogP contribution in [0.3, 0.4) is 0 Å². The Kier molecular flexibility index (Phi) is 5.32. The molecule has 23 heavy (non-hydrogen) atoms. The molecule has 1 amide bonds. The summed E-state index contributed by atoms with van der Waals surface area (Å²) in [5.74, 6) is 0.426. The van der Waals surface area contributed by atoms with Crippen LogP contribution in [0.1, 0.15) is 16.2 Å². The molecule has 0 aliphatic carbocycles. The molecule has 0 radical (unpaired) electrons. The first-order valence-electron chi connectivity index (χ1n) is 7.46. The Balaban J connectivity index is 1.61. The number of ether oxygens (including phenoxy) is 1. The van der Waals surface area contributed by atoms with E-state index in [1.165, 1.54) is 0 Å². The highest BCUT2D eigenvalue weighted by Crippen LogP contribution is 2.19. The van der Waals surface area contributed by atoms with Gasteiger partial charge in [0.25, 0.3) is 5.91 Å². The van der Waals surface area contributed by atoms with Gasteiger partial charge in [-0.1, -0.05) is 11.2 Å². The van der Waals surface area contributed by atoms with Crippen LogP contribution >= 0.6 is 11.8 Å². The van der Waals surface area contributed by atoms with Crippen molar-refractivity contribution in [3.05, 3.63) is 41.8 Å². The SMILES string of the molecule is CSc1cccc(NC(=O)c2cc(CN3CCOCC3)on2)c1. The summed E-state index contributed by atoms with van der Waals surface area (Å²) in [5, 5.41) is 6.71. The first kappa shape index (κ1) is 16.0. The van der Waals surface area contributed by atoms with E-state index in [0.29, 0.717) is 18.0 Å². The number of nitrogens with zero attached hydrogens (tertiary/aromatic N) is 2. The predicted molar refractivity (Wildman–Crippen MR) is 88.8 cm³/mol. The third-order valence-corrected chi connectivity index (χ3v) is 4.33. The number of hydrogen-bond donors (Lipinski definition) is 1. The number of amides is 1. The van der Waals surface area contributed by atoms with Gasteiger partial charge in [-0.15, -0.1) is 11.8 Å². The highest BCUT2D eigenvalue weighted by atomic mass is 32.2. The molecule has 1 N–H and O–H groups in total. The van der Waals surface area contributed by atoms with E-state index in [1.807, 2.05) is 30.5 Å². The molecule has 122 valence electrons. The van der Waals surface area contributed by atoms with Crippen molar-refractivity contribution < 1.29 is 14.1 Å². The first-order valence-corrected chi connectivity index (χ1v) is 8.68. The van der Waals surface area contributed by atoms with E-state index in [2.05, 4.69) is 15.4 Å². The summed E-state index contributed by atoms with van der Waals surface area (Å²) in [6.07, 6.45) is 2.00. The molecular formula is C16H19N3O3S. The molecule has 1 aliphatic heterocycles. The normalized spacial score (nSPS) is 15.5. The number of thioether (sulfide) groups is 1. The molecule has 2 aromatic rings. The average Bonchev–Trinajstić information content (AvgIpc) is 3.04. The Morgan fingerprint density at radius 3 is 2.96 bits per heavy atom. The summed E-state index contributed by atoms with van der Waals surface area (Å²) in [7, 11) is 0. The fourth-order valence-corrected chi connectivity index (χ4v) is 2.83. The number of morpholine rings is 1. The lowest BCUT2D eigenvalue weighted by Crippen LogP contribution is -2.35. The summed E-state index contributed by atoms with van der Waals surface area (Å²) >= 11 is 1.63. The van der Waals surface area contributed by atoms with Crippen LogP contribution in [0, 0.1) is 0 Å². The van der Waals surface area contributed by atoms with Crippen molar-refractivity contribution in [2.75, 3.05) is 37.9 Å². The van der Waals surface area contributed by atoms with Crippen molar-refractivity contribution in [2.24, 2.45) is 0 Å². The van der Waals surface area contributed by atoms with E-state index in [-0.39, 0.29) is 5.91 Å². The second-order valence-electron chi connectivity index (χ2n) is 5.25. The molecule has 0 atom stereocenters. The third-order valence-electron chi connectivity index (χ3n) is 3.60. The van der Waals surface area contributed by atoms with Gasteiger partial charge in [0.1, 0.15) is 0 Å². The number of rotatable bonds is 5. The molecular weight excluding hydrogens is 314 g/mol. The zero-order valence-corrected chi connectivity index (χ0v) is 13.8. The van der Waals surface area contributed by atoms with Gasteiger partial charge >= 0.3 is 0 Å². The molecule has 1 aromatic heterocycles. The zero-order valence-electron chi connectivity index (χ0n) is 12.9. The summed E-state index contributed by atoms with van der Waals surface area (Å²) in [4.78, 5) is 15.6. The van der Waals surface area contributed by atoms with Gasteiger partial charge in [-0.2, -0.15) is 0 Å². The molecule has 6 nitrogen and oxygen atoms in total. The Hall–Kier alpha value is -1.83. The maximum atomic E-state index is 12.2. The molecule has 1 fully saturated rings. The highest BCUT2D eigenvalue weighted by molar-refractivity contribution is 7.98. The van der Waals surface area contributed by atoms with Gasteiger partial charge in [-0.3, -0.25) is 9.69 Å². The van der Waals surface area contributed by atoms with Crippen LogP contribution in [0.25, 0.3) is 0 Å². The molecule has 0 unspecified atom stereocenters. The summed E-state index contributed by atoms with van der Waals surface area (Å²) in [6, 6.07) is 9.39. The number of carbonyl (C=O) groups is 1. The minimum atomic E-state index is -0.264. The van der Waals surface area contributed by atoms with E-state index >= 15 is 0 Å². The lowest BCUT2D eigenvalue weighted by atomic mass is 10.3. The number of nitrogens with one attached hydrogen (secondary N) is 1. The van der Waals surface area contributed by atoms with Gasteiger partial charge in [0.05, 0.1) is 19.8 Å². The molecule has 1 aromatic carbocycles. The van der Waals surface area contributed by atoms with Gasteiger partial charge in [0.15, 0.2) is 11.5 Å². The van der Waals surface area contributed by atoms with Crippen molar-refractivity contribution in [2.45, 2.75) is 11.4 Å². The molecule has 0 saturated carbocycles. The minimum absolute atomic E-state index is 0.264. The summed E-state index contributed by atoms with van der Waals surface area (Å²) < 4.78 is 10.6. The Labute approximate surface area is 139 Å². The number of aromatic nitrogens is 1. The van der Waals surface area contributed by atoms with Gasteiger partial charge in [0.2, 0.25) is 0 Å². The number of benzene rings is 1. The van der Waals surface area contributed by atoms with Gasteiger partial charge in [0, 0.05) is 29.7 Å². The van der Waals surface area contributed by atoms with Crippen molar-refractivity contribution >= 4 is 23.4 Å². The fraction of sp³-hybridized carbons (Fsp3) is 0.375. The van der Waals surface area contributed by atoms with Crippen LogP contribution in [0.4, 0.5) is 5.69 Å².